The van der Waals surface area contributed by atoms with Crippen molar-refractivity contribution < 1.29 is 9.53 Å². The van der Waals surface area contributed by atoms with Crippen molar-refractivity contribution in [2.24, 2.45) is 0 Å². The van der Waals surface area contributed by atoms with E-state index in [1.165, 1.54) is 0 Å². The molecule has 4 heteroatoms. The lowest BCUT2D eigenvalue weighted by Crippen LogP contribution is -2.56. The summed E-state index contributed by atoms with van der Waals surface area (Å²) in [5.74, 6) is 0.754. The molecule has 1 saturated heterocycles. The van der Waals surface area contributed by atoms with Gasteiger partial charge in [-0.15, -0.1) is 0 Å². The molecule has 16 heavy (non-hydrogen) atoms. The number of carbonyl (C=O) groups excluding carboxylic acids is 1. The predicted octanol–water partition coefficient (Wildman–Crippen LogP) is 2.20. The summed E-state index contributed by atoms with van der Waals surface area (Å²) in [5, 5.41) is 3.99. The summed E-state index contributed by atoms with van der Waals surface area (Å²) < 4.78 is 5.21. The van der Waals surface area contributed by atoms with Crippen LogP contribution < -0.4 is 5.32 Å². The van der Waals surface area contributed by atoms with E-state index in [9.17, 15) is 4.79 Å². The minimum Gasteiger partial charge on any atom is -0.465 e. The van der Waals surface area contributed by atoms with Crippen LogP contribution in [0.25, 0.3) is 0 Å². The van der Waals surface area contributed by atoms with Gasteiger partial charge >= 0.3 is 5.97 Å². The quantitative estimate of drug-likeness (QED) is 0.754. The highest BCUT2D eigenvalue weighted by atomic mass is 32.2. The third kappa shape index (κ3) is 3.14. The van der Waals surface area contributed by atoms with Crippen LogP contribution in [0.4, 0.5) is 0 Å². The highest BCUT2D eigenvalue weighted by molar-refractivity contribution is 8.00. The Bertz CT molecular complexity index is 247. The van der Waals surface area contributed by atoms with Crippen LogP contribution >= 0.6 is 11.8 Å². The van der Waals surface area contributed by atoms with Gasteiger partial charge in [0.15, 0.2) is 0 Å². The van der Waals surface area contributed by atoms with Gasteiger partial charge in [0.2, 0.25) is 0 Å². The van der Waals surface area contributed by atoms with Crippen molar-refractivity contribution in [2.75, 3.05) is 12.4 Å². The summed E-state index contributed by atoms with van der Waals surface area (Å²) >= 11 is 1.85. The number of nitrogens with one attached hydrogen (secondary N) is 1. The lowest BCUT2D eigenvalue weighted by atomic mass is 9.94. The Balaban J connectivity index is 2.73. The number of hydrogen-bond donors (Lipinski definition) is 1. The number of rotatable bonds is 5. The van der Waals surface area contributed by atoms with Gasteiger partial charge in [0.05, 0.1) is 6.61 Å². The molecular formula is C12H23NO2S. The number of carbonyl (C=O) groups is 1. The molecule has 3 nitrogen and oxygen atoms in total. The largest absolute Gasteiger partial charge is 0.465 e. The van der Waals surface area contributed by atoms with Crippen molar-refractivity contribution in [3.8, 4) is 0 Å². The number of ether oxygens (including phenoxy) is 1. The summed E-state index contributed by atoms with van der Waals surface area (Å²) in [5.41, 5.74) is -0.449. The first-order valence-electron chi connectivity index (χ1n) is 6.10. The fraction of sp³-hybridized carbons (Fsp3) is 0.917. The maximum atomic E-state index is 12.1. The van der Waals surface area contributed by atoms with Crippen LogP contribution in [0.15, 0.2) is 0 Å². The second kappa shape index (κ2) is 5.92. The molecule has 0 radical (unpaired) electrons. The number of hydrogen-bond acceptors (Lipinski definition) is 4. The fourth-order valence-electron chi connectivity index (χ4n) is 2.04. The first-order valence-corrected chi connectivity index (χ1v) is 7.15. The standard InChI is InChI=1S/C12H23NO2S/c1-5-9(3)13-12(11(14)15-6-2)7-10(4)16-8-12/h9-10,13H,5-8H2,1-4H3. The van der Waals surface area contributed by atoms with Gasteiger partial charge in [0, 0.05) is 17.0 Å². The molecule has 0 aromatic heterocycles. The van der Waals surface area contributed by atoms with E-state index in [0.717, 1.165) is 18.6 Å². The first-order chi connectivity index (χ1) is 7.54. The Labute approximate surface area is 103 Å². The molecule has 0 bridgehead atoms. The molecule has 1 rings (SSSR count). The van der Waals surface area contributed by atoms with Gasteiger partial charge in [0.25, 0.3) is 0 Å². The van der Waals surface area contributed by atoms with E-state index in [0.29, 0.717) is 17.9 Å². The monoisotopic (exact) mass is 245 g/mol. The minimum absolute atomic E-state index is 0.0767. The topological polar surface area (TPSA) is 38.3 Å². The molecule has 0 spiro atoms. The molecular weight excluding hydrogens is 222 g/mol. The van der Waals surface area contributed by atoms with Gasteiger partial charge in [-0.05, 0) is 26.7 Å². The van der Waals surface area contributed by atoms with Crippen molar-refractivity contribution in [1.29, 1.82) is 0 Å². The Morgan fingerprint density at radius 1 is 1.62 bits per heavy atom. The number of esters is 1. The zero-order valence-corrected chi connectivity index (χ0v) is 11.5. The third-order valence-electron chi connectivity index (χ3n) is 3.05. The fourth-order valence-corrected chi connectivity index (χ4v) is 3.33. The average Bonchev–Trinajstić information content (AvgIpc) is 2.61. The van der Waals surface area contributed by atoms with E-state index in [2.05, 4.69) is 26.1 Å². The van der Waals surface area contributed by atoms with Crippen LogP contribution in [-0.2, 0) is 9.53 Å². The summed E-state index contributed by atoms with van der Waals surface area (Å²) in [4.78, 5) is 12.1. The molecule has 0 aliphatic carbocycles. The molecule has 0 amide bonds. The predicted molar refractivity (Wildman–Crippen MR) is 68.8 cm³/mol. The second-order valence-corrected chi connectivity index (χ2v) is 6.01. The molecule has 0 aromatic rings. The van der Waals surface area contributed by atoms with E-state index < -0.39 is 5.54 Å². The first kappa shape index (κ1) is 13.8. The number of thioether (sulfide) groups is 1. The zero-order chi connectivity index (χ0) is 12.2. The Morgan fingerprint density at radius 3 is 2.75 bits per heavy atom. The molecule has 1 fully saturated rings. The van der Waals surface area contributed by atoms with E-state index in [4.69, 9.17) is 4.74 Å². The van der Waals surface area contributed by atoms with Crippen molar-refractivity contribution >= 4 is 17.7 Å². The van der Waals surface area contributed by atoms with Crippen molar-refractivity contribution in [2.45, 2.75) is 57.4 Å². The van der Waals surface area contributed by atoms with Gasteiger partial charge in [-0.2, -0.15) is 11.8 Å². The molecule has 94 valence electrons. The summed E-state index contributed by atoms with van der Waals surface area (Å²) in [7, 11) is 0. The van der Waals surface area contributed by atoms with Crippen LogP contribution in [0.5, 0.6) is 0 Å². The third-order valence-corrected chi connectivity index (χ3v) is 4.45. The Hall–Kier alpha value is -0.220. The SMILES string of the molecule is CCOC(=O)C1(NC(C)CC)CSC(C)C1. The molecule has 1 aliphatic heterocycles. The van der Waals surface area contributed by atoms with E-state index >= 15 is 0 Å². The van der Waals surface area contributed by atoms with Gasteiger partial charge in [-0.1, -0.05) is 13.8 Å². The van der Waals surface area contributed by atoms with Crippen molar-refractivity contribution in [3.63, 3.8) is 0 Å². The lowest BCUT2D eigenvalue weighted by Gasteiger charge is -2.30. The Kier molecular flexibility index (Phi) is 5.12. The van der Waals surface area contributed by atoms with Gasteiger partial charge in [0.1, 0.15) is 5.54 Å². The molecule has 1 N–H and O–H groups in total. The van der Waals surface area contributed by atoms with Gasteiger partial charge < -0.3 is 4.74 Å². The molecule has 1 heterocycles. The van der Waals surface area contributed by atoms with E-state index in [1.54, 1.807) is 0 Å². The van der Waals surface area contributed by atoms with Crippen LogP contribution in [0.1, 0.15) is 40.5 Å². The second-order valence-electron chi connectivity index (χ2n) is 4.58. The zero-order valence-electron chi connectivity index (χ0n) is 10.7. The lowest BCUT2D eigenvalue weighted by molar-refractivity contribution is -0.150. The van der Waals surface area contributed by atoms with Crippen LogP contribution in [0, 0.1) is 0 Å². The van der Waals surface area contributed by atoms with Gasteiger partial charge in [-0.25, -0.2) is 0 Å². The molecule has 3 atom stereocenters. The van der Waals surface area contributed by atoms with Crippen LogP contribution in [0.3, 0.4) is 0 Å². The van der Waals surface area contributed by atoms with E-state index in [1.807, 2.05) is 18.7 Å². The van der Waals surface area contributed by atoms with Crippen LogP contribution in [0.2, 0.25) is 0 Å². The van der Waals surface area contributed by atoms with E-state index in [-0.39, 0.29) is 5.97 Å². The molecule has 3 unspecified atom stereocenters. The summed E-state index contributed by atoms with van der Waals surface area (Å²) in [6.07, 6.45) is 1.90. The van der Waals surface area contributed by atoms with Crippen molar-refractivity contribution in [1.82, 2.24) is 5.32 Å². The molecule has 0 aromatic carbocycles. The smallest absolute Gasteiger partial charge is 0.327 e. The summed E-state index contributed by atoms with van der Waals surface area (Å²) in [6.45, 7) is 8.74. The highest BCUT2D eigenvalue weighted by Gasteiger charge is 2.46. The summed E-state index contributed by atoms with van der Waals surface area (Å²) in [6, 6.07) is 0.357. The minimum atomic E-state index is -0.449. The Morgan fingerprint density at radius 2 is 2.31 bits per heavy atom. The van der Waals surface area contributed by atoms with Gasteiger partial charge in [-0.3, -0.25) is 10.1 Å². The maximum absolute atomic E-state index is 12.1. The average molecular weight is 245 g/mol. The molecule has 1 aliphatic rings. The maximum Gasteiger partial charge on any atom is 0.327 e. The molecule has 0 saturated carbocycles. The highest BCUT2D eigenvalue weighted by Crippen LogP contribution is 2.35. The van der Waals surface area contributed by atoms with Crippen LogP contribution in [-0.4, -0.2) is 35.2 Å². The van der Waals surface area contributed by atoms with Crippen molar-refractivity contribution in [3.05, 3.63) is 0 Å². The normalized spacial score (nSPS) is 31.4.